The van der Waals surface area contributed by atoms with Crippen molar-refractivity contribution in [2.75, 3.05) is 32.8 Å². The molecule has 55 heavy (non-hydrogen) atoms. The highest BCUT2D eigenvalue weighted by Crippen LogP contribution is 2.43. The van der Waals surface area contributed by atoms with Gasteiger partial charge in [0, 0.05) is 6.08 Å². The van der Waals surface area contributed by atoms with E-state index in [-0.39, 0.29) is 29.6 Å². The van der Waals surface area contributed by atoms with Crippen molar-refractivity contribution in [3.63, 3.8) is 0 Å². The Labute approximate surface area is 324 Å². The molecule has 0 spiro atoms. The second-order valence-corrected chi connectivity index (χ2v) is 15.4. The number of benzene rings is 3. The smallest absolute Gasteiger partial charge is 0.338 e. The summed E-state index contributed by atoms with van der Waals surface area (Å²) in [4.78, 5) is 64.6. The third-order valence-electron chi connectivity index (χ3n) is 8.99. The maximum Gasteiger partial charge on any atom is 0.338 e. The van der Waals surface area contributed by atoms with E-state index >= 15 is 0 Å². The Morgan fingerprint density at radius 3 is 2.29 bits per heavy atom. The normalized spacial score (nSPS) is 15.3. The number of nitrogens with zero attached hydrogens (tertiary/aromatic N) is 4. The number of carbonyl (C=O) groups excluding carboxylic acids is 3. The van der Waals surface area contributed by atoms with Gasteiger partial charge in [0.15, 0.2) is 25.7 Å². The molecular formula is C39H30N4O9S3. The number of allylic oxidation sites excluding steroid dienone is 1. The number of aromatic nitrogens is 2. The van der Waals surface area contributed by atoms with Crippen LogP contribution >= 0.6 is 34.4 Å². The van der Waals surface area contributed by atoms with E-state index in [2.05, 4.69) is 4.99 Å². The highest BCUT2D eigenvalue weighted by molar-refractivity contribution is 8.01. The monoisotopic (exact) mass is 794 g/mol. The Bertz CT molecular complexity index is 2740. The Balaban J connectivity index is 1.11. The molecule has 2 aliphatic heterocycles. The van der Waals surface area contributed by atoms with Crippen molar-refractivity contribution in [3.05, 3.63) is 120 Å². The minimum absolute atomic E-state index is 0.134. The van der Waals surface area contributed by atoms with Gasteiger partial charge in [-0.2, -0.15) is 0 Å². The zero-order chi connectivity index (χ0) is 38.5. The number of hydrogen-bond donors (Lipinski definition) is 0. The molecule has 0 aliphatic carbocycles. The van der Waals surface area contributed by atoms with Gasteiger partial charge in [0.05, 0.1) is 76.8 Å². The van der Waals surface area contributed by atoms with Crippen LogP contribution in [-0.4, -0.2) is 55.3 Å². The van der Waals surface area contributed by atoms with Gasteiger partial charge >= 0.3 is 5.97 Å². The van der Waals surface area contributed by atoms with E-state index in [1.165, 1.54) is 53.9 Å². The van der Waals surface area contributed by atoms with E-state index in [0.717, 1.165) is 16.0 Å². The van der Waals surface area contributed by atoms with Crippen molar-refractivity contribution >= 4 is 74.2 Å². The third kappa shape index (κ3) is 6.21. The van der Waals surface area contributed by atoms with E-state index in [0.29, 0.717) is 75.4 Å². The number of thiazole rings is 2. The number of fused-ring (bicyclic) bond motifs is 3. The molecule has 6 aromatic rings. The lowest BCUT2D eigenvalue weighted by molar-refractivity contribution is -0.139. The molecule has 0 saturated heterocycles. The van der Waals surface area contributed by atoms with Crippen LogP contribution < -0.4 is 34.0 Å². The number of rotatable bonds is 10. The predicted octanol–water partition coefficient (Wildman–Crippen LogP) is 5.98. The Kier molecular flexibility index (Phi) is 9.40. The largest absolute Gasteiger partial charge is 0.493 e. The van der Waals surface area contributed by atoms with E-state index in [9.17, 15) is 19.2 Å². The number of amides is 2. The highest BCUT2D eigenvalue weighted by atomic mass is 32.2. The molecule has 0 saturated carbocycles. The summed E-state index contributed by atoms with van der Waals surface area (Å²) in [5.41, 5.74) is 2.70. The summed E-state index contributed by atoms with van der Waals surface area (Å²) < 4.78 is 31.5. The van der Waals surface area contributed by atoms with Gasteiger partial charge in [0.25, 0.3) is 17.4 Å². The molecule has 0 bridgehead atoms. The topological polar surface area (TPSA) is 152 Å². The van der Waals surface area contributed by atoms with Crippen LogP contribution in [0.1, 0.15) is 51.9 Å². The van der Waals surface area contributed by atoms with Crippen molar-refractivity contribution in [2.24, 2.45) is 4.99 Å². The SMILES string of the molecule is CCOC(=O)C1=C(C)N=c2s/c(=C\c3ccc(Sc4nc5ccc(N6C(=O)c7ccccc7C6=O)cc5s4)o3)c(=O)n2[C@@H]1c1cc(OC)c(OC)c(OC)c1. The molecule has 16 heteroatoms. The Morgan fingerprint density at radius 1 is 0.927 bits per heavy atom. The van der Waals surface area contributed by atoms with Gasteiger partial charge in [-0.15, -0.1) is 11.3 Å². The zero-order valence-corrected chi connectivity index (χ0v) is 32.3. The Hall–Kier alpha value is -5.97. The molecule has 13 nitrogen and oxygen atoms in total. The fourth-order valence-electron chi connectivity index (χ4n) is 6.55. The van der Waals surface area contributed by atoms with Gasteiger partial charge in [-0.3, -0.25) is 19.0 Å². The van der Waals surface area contributed by atoms with E-state index in [1.54, 1.807) is 86.7 Å². The molecule has 0 unspecified atom stereocenters. The number of methoxy groups -OCH3 is 3. The summed E-state index contributed by atoms with van der Waals surface area (Å²) in [5.74, 6) is 0.180. The van der Waals surface area contributed by atoms with Gasteiger partial charge in [0.2, 0.25) is 5.75 Å². The molecule has 2 aliphatic rings. The fraction of sp³-hybridized carbons (Fsp3) is 0.179. The summed E-state index contributed by atoms with van der Waals surface area (Å²) in [7, 11) is 4.47. The summed E-state index contributed by atoms with van der Waals surface area (Å²) in [6.45, 7) is 3.55. The van der Waals surface area contributed by atoms with Crippen LogP contribution in [0.4, 0.5) is 5.69 Å². The molecule has 0 radical (unpaired) electrons. The minimum Gasteiger partial charge on any atom is -0.493 e. The highest BCUT2D eigenvalue weighted by Gasteiger charge is 2.37. The fourth-order valence-corrected chi connectivity index (χ4v) is 9.58. The first kappa shape index (κ1) is 36.0. The van der Waals surface area contributed by atoms with Gasteiger partial charge in [-0.25, -0.2) is 19.7 Å². The number of anilines is 1. The quantitative estimate of drug-likeness (QED) is 0.119. The summed E-state index contributed by atoms with van der Waals surface area (Å²) in [5, 5.41) is 0.536. The molecule has 3 aromatic heterocycles. The third-order valence-corrected chi connectivity index (χ3v) is 12.0. The molecule has 2 amide bonds. The average molecular weight is 795 g/mol. The number of esters is 1. The lowest BCUT2D eigenvalue weighted by Crippen LogP contribution is -2.40. The lowest BCUT2D eigenvalue weighted by Gasteiger charge is -2.26. The summed E-state index contributed by atoms with van der Waals surface area (Å²) >= 11 is 3.87. The second-order valence-electron chi connectivity index (χ2n) is 12.1. The number of ether oxygens (including phenoxy) is 4. The lowest BCUT2D eigenvalue weighted by atomic mass is 9.95. The van der Waals surface area contributed by atoms with Crippen molar-refractivity contribution in [3.8, 4) is 17.2 Å². The first-order valence-corrected chi connectivity index (χ1v) is 19.2. The van der Waals surface area contributed by atoms with Crippen LogP contribution in [0.3, 0.4) is 0 Å². The zero-order valence-electron chi connectivity index (χ0n) is 29.9. The van der Waals surface area contributed by atoms with E-state index < -0.39 is 12.0 Å². The van der Waals surface area contributed by atoms with Crippen LogP contribution in [0.25, 0.3) is 16.3 Å². The van der Waals surface area contributed by atoms with Crippen LogP contribution in [-0.2, 0) is 9.53 Å². The average Bonchev–Trinajstić information content (AvgIpc) is 3.94. The van der Waals surface area contributed by atoms with Crippen LogP contribution in [0, 0.1) is 0 Å². The van der Waals surface area contributed by atoms with E-state index in [4.69, 9.17) is 28.3 Å². The maximum absolute atomic E-state index is 14.2. The Morgan fingerprint density at radius 2 is 1.64 bits per heavy atom. The van der Waals surface area contributed by atoms with E-state index in [1.807, 2.05) is 0 Å². The number of imide groups is 1. The van der Waals surface area contributed by atoms with Crippen molar-refractivity contribution in [2.45, 2.75) is 29.3 Å². The minimum atomic E-state index is -0.912. The number of hydrogen-bond acceptors (Lipinski definition) is 14. The van der Waals surface area contributed by atoms with Crippen LogP contribution in [0.15, 0.2) is 102 Å². The molecule has 278 valence electrons. The van der Waals surface area contributed by atoms with Gasteiger partial charge in [-0.1, -0.05) is 23.5 Å². The molecular weight excluding hydrogens is 765 g/mol. The molecule has 8 rings (SSSR count). The summed E-state index contributed by atoms with van der Waals surface area (Å²) in [6.07, 6.45) is 1.64. The van der Waals surface area contributed by atoms with Crippen molar-refractivity contribution in [1.82, 2.24) is 9.55 Å². The van der Waals surface area contributed by atoms with Gasteiger partial charge in [0.1, 0.15) is 5.76 Å². The summed E-state index contributed by atoms with van der Waals surface area (Å²) in [6, 6.07) is 18.1. The maximum atomic E-state index is 14.2. The first-order chi connectivity index (χ1) is 26.6. The predicted molar refractivity (Wildman–Crippen MR) is 207 cm³/mol. The molecule has 5 heterocycles. The standard InChI is InChI=1S/C39H30N4O9S3/c1-6-51-37(47)31-19(2)40-38-43(32(31)20-15-26(48-3)33(50-5)27(16-20)49-4)36(46)29(53-38)18-22-12-14-30(52-22)55-39-41-25-13-11-21(17-28(25)54-39)42-34(44)23-9-7-8-10-24(23)35(42)45/h7-18,32H,6H2,1-5H3/b29-18-/t32-/m1/s1. The molecule has 3 aromatic carbocycles. The number of furan rings is 1. The first-order valence-electron chi connectivity index (χ1n) is 16.8. The van der Waals surface area contributed by atoms with Crippen molar-refractivity contribution < 1.29 is 37.7 Å². The van der Waals surface area contributed by atoms with Crippen molar-refractivity contribution in [1.29, 1.82) is 0 Å². The van der Waals surface area contributed by atoms with Crippen LogP contribution in [0.2, 0.25) is 0 Å². The van der Waals surface area contributed by atoms with Crippen LogP contribution in [0.5, 0.6) is 17.2 Å². The molecule has 0 fully saturated rings. The number of carbonyl (C=O) groups is 3. The molecule has 0 N–H and O–H groups in total. The second kappa shape index (κ2) is 14.4. The molecule has 1 atom stereocenters. The van der Waals surface area contributed by atoms with Gasteiger partial charge < -0.3 is 23.4 Å². The van der Waals surface area contributed by atoms with Gasteiger partial charge in [-0.05, 0) is 85.8 Å².